The zero-order valence-electron chi connectivity index (χ0n) is 19.4. The molecule has 1 fully saturated rings. The second-order valence-corrected chi connectivity index (χ2v) is 10.4. The number of carbonyl (C=O) groups is 2. The normalized spacial score (nSPS) is 15.0. The fourth-order valence-corrected chi connectivity index (χ4v) is 5.19. The molecular weight excluding hydrogens is 505 g/mol. The van der Waals surface area contributed by atoms with Crippen LogP contribution in [0.3, 0.4) is 0 Å². The van der Waals surface area contributed by atoms with Crippen molar-refractivity contribution in [2.45, 2.75) is 25.3 Å². The number of thioether (sulfide) groups is 1. The van der Waals surface area contributed by atoms with E-state index in [1.54, 1.807) is 31.2 Å². The van der Waals surface area contributed by atoms with Crippen molar-refractivity contribution in [1.29, 1.82) is 0 Å². The van der Waals surface area contributed by atoms with Crippen LogP contribution in [0, 0.1) is 12.7 Å². The summed E-state index contributed by atoms with van der Waals surface area (Å²) < 4.78 is 50.3. The minimum atomic E-state index is -4.10. The molecule has 3 aromatic rings. The van der Waals surface area contributed by atoms with Crippen molar-refractivity contribution in [3.8, 4) is 11.5 Å². The van der Waals surface area contributed by atoms with Gasteiger partial charge in [0, 0.05) is 5.56 Å². The Morgan fingerprint density at radius 2 is 1.72 bits per heavy atom. The highest BCUT2D eigenvalue weighted by Gasteiger charge is 2.35. The highest BCUT2D eigenvalue weighted by Crippen LogP contribution is 2.36. The van der Waals surface area contributed by atoms with Crippen LogP contribution >= 0.6 is 11.8 Å². The van der Waals surface area contributed by atoms with Crippen LogP contribution in [0.2, 0.25) is 0 Å². The number of rotatable bonds is 8. The Balaban J connectivity index is 1.58. The first-order chi connectivity index (χ1) is 17.2. The first kappa shape index (κ1) is 25.5. The second-order valence-electron chi connectivity index (χ2n) is 7.85. The minimum absolute atomic E-state index is 0.00292. The second kappa shape index (κ2) is 10.5. The smallest absolute Gasteiger partial charge is 0.339 e. The molecule has 36 heavy (non-hydrogen) atoms. The van der Waals surface area contributed by atoms with E-state index in [1.165, 1.54) is 48.5 Å². The lowest BCUT2D eigenvalue weighted by atomic mass is 10.1. The first-order valence-corrected chi connectivity index (χ1v) is 13.2. The molecular formula is C26H22FNO6S2. The van der Waals surface area contributed by atoms with Gasteiger partial charge in [-0.3, -0.25) is 14.5 Å². The number of imide groups is 1. The van der Waals surface area contributed by atoms with Crippen molar-refractivity contribution < 1.29 is 31.3 Å². The fourth-order valence-electron chi connectivity index (χ4n) is 3.41. The summed E-state index contributed by atoms with van der Waals surface area (Å²) in [6.07, 6.45) is 1.49. The van der Waals surface area contributed by atoms with Crippen LogP contribution in [-0.4, -0.2) is 31.1 Å². The van der Waals surface area contributed by atoms with Gasteiger partial charge in [0.25, 0.3) is 11.1 Å². The van der Waals surface area contributed by atoms with Gasteiger partial charge in [-0.15, -0.1) is 0 Å². The van der Waals surface area contributed by atoms with Gasteiger partial charge in [-0.25, -0.2) is 4.39 Å². The third-order valence-corrected chi connectivity index (χ3v) is 7.39. The predicted molar refractivity (Wildman–Crippen MR) is 135 cm³/mol. The number of ether oxygens (including phenoxy) is 1. The molecule has 7 nitrogen and oxygen atoms in total. The highest BCUT2D eigenvalue weighted by molar-refractivity contribution is 8.18. The number of amides is 2. The fraction of sp³-hybridized carbons (Fsp3) is 0.154. The summed E-state index contributed by atoms with van der Waals surface area (Å²) in [6.45, 7) is 3.64. The number of nitrogens with zero attached hydrogens (tertiary/aromatic N) is 1. The van der Waals surface area contributed by atoms with E-state index in [0.29, 0.717) is 5.56 Å². The molecule has 2 amide bonds. The van der Waals surface area contributed by atoms with E-state index in [0.717, 1.165) is 22.2 Å². The van der Waals surface area contributed by atoms with E-state index in [9.17, 15) is 22.4 Å². The molecule has 0 aromatic heterocycles. The zero-order chi connectivity index (χ0) is 25.9. The third-order valence-electron chi connectivity index (χ3n) is 5.23. The lowest BCUT2D eigenvalue weighted by molar-refractivity contribution is -0.123. The summed E-state index contributed by atoms with van der Waals surface area (Å²) in [4.78, 5) is 26.4. The van der Waals surface area contributed by atoms with E-state index in [2.05, 4.69) is 0 Å². The van der Waals surface area contributed by atoms with E-state index < -0.39 is 27.1 Å². The SMILES string of the molecule is CCOc1cc(/C=C2\SC(=O)N(Cc3ccccc3F)C2=O)ccc1OS(=O)(=O)c1ccc(C)cc1. The number of benzene rings is 3. The van der Waals surface area contributed by atoms with Crippen LogP contribution in [0.5, 0.6) is 11.5 Å². The molecule has 0 radical (unpaired) electrons. The molecule has 4 rings (SSSR count). The summed E-state index contributed by atoms with van der Waals surface area (Å²) in [5, 5.41) is -0.510. The minimum Gasteiger partial charge on any atom is -0.490 e. The highest BCUT2D eigenvalue weighted by atomic mass is 32.2. The summed E-state index contributed by atoms with van der Waals surface area (Å²) >= 11 is 0.742. The molecule has 0 saturated carbocycles. The van der Waals surface area contributed by atoms with E-state index in [4.69, 9.17) is 8.92 Å². The van der Waals surface area contributed by atoms with Gasteiger partial charge in [-0.05, 0) is 67.6 Å². The lowest BCUT2D eigenvalue weighted by Crippen LogP contribution is -2.27. The van der Waals surface area contributed by atoms with Crippen molar-refractivity contribution in [1.82, 2.24) is 4.90 Å². The average molecular weight is 528 g/mol. The van der Waals surface area contributed by atoms with E-state index in [-0.39, 0.29) is 40.0 Å². The molecule has 1 heterocycles. The van der Waals surface area contributed by atoms with Crippen molar-refractivity contribution in [3.63, 3.8) is 0 Å². The Hall–Kier alpha value is -3.63. The van der Waals surface area contributed by atoms with Crippen molar-refractivity contribution >= 4 is 39.1 Å². The number of halogens is 1. The molecule has 0 spiro atoms. The molecule has 0 N–H and O–H groups in total. The van der Waals surface area contributed by atoms with Crippen molar-refractivity contribution in [2.24, 2.45) is 0 Å². The maximum absolute atomic E-state index is 14.0. The number of hydrogen-bond donors (Lipinski definition) is 0. The van der Waals surface area contributed by atoms with Gasteiger partial charge in [0.2, 0.25) is 0 Å². The maximum atomic E-state index is 14.0. The molecule has 1 aliphatic heterocycles. The average Bonchev–Trinajstić information content (AvgIpc) is 3.09. The van der Waals surface area contributed by atoms with Crippen LogP contribution in [-0.2, 0) is 21.5 Å². The van der Waals surface area contributed by atoms with Gasteiger partial charge in [-0.1, -0.05) is 42.0 Å². The van der Waals surface area contributed by atoms with Gasteiger partial charge >= 0.3 is 10.1 Å². The molecule has 1 aliphatic rings. The van der Waals surface area contributed by atoms with Crippen LogP contribution in [0.1, 0.15) is 23.6 Å². The molecule has 10 heteroatoms. The Labute approximate surface area is 212 Å². The monoisotopic (exact) mass is 527 g/mol. The van der Waals surface area contributed by atoms with Gasteiger partial charge in [-0.2, -0.15) is 8.42 Å². The van der Waals surface area contributed by atoms with Gasteiger partial charge in [0.1, 0.15) is 10.7 Å². The van der Waals surface area contributed by atoms with E-state index >= 15 is 0 Å². The summed E-state index contributed by atoms with van der Waals surface area (Å²) in [5.41, 5.74) is 1.64. The molecule has 0 atom stereocenters. The van der Waals surface area contributed by atoms with Crippen molar-refractivity contribution in [3.05, 3.63) is 94.1 Å². The predicted octanol–water partition coefficient (Wildman–Crippen LogP) is 5.54. The van der Waals surface area contributed by atoms with Gasteiger partial charge < -0.3 is 8.92 Å². The largest absolute Gasteiger partial charge is 0.490 e. The van der Waals surface area contributed by atoms with Crippen LogP contribution in [0.4, 0.5) is 9.18 Å². The van der Waals surface area contributed by atoms with E-state index in [1.807, 2.05) is 6.92 Å². The molecule has 186 valence electrons. The molecule has 1 saturated heterocycles. The maximum Gasteiger partial charge on any atom is 0.339 e. The quantitative estimate of drug-likeness (QED) is 0.281. The van der Waals surface area contributed by atoms with Crippen LogP contribution in [0.15, 0.2) is 76.5 Å². The third kappa shape index (κ3) is 5.60. The lowest BCUT2D eigenvalue weighted by Gasteiger charge is -2.13. The van der Waals surface area contributed by atoms with Crippen LogP contribution in [0.25, 0.3) is 6.08 Å². The van der Waals surface area contributed by atoms with Crippen LogP contribution < -0.4 is 8.92 Å². The van der Waals surface area contributed by atoms with Crippen molar-refractivity contribution in [2.75, 3.05) is 6.61 Å². The standard InChI is InChI=1S/C26H22FNO6S2/c1-3-33-23-14-18(10-13-22(23)34-36(31,32)20-11-8-17(2)9-12-20)15-24-25(29)28(26(30)35-24)16-19-6-4-5-7-21(19)27/h4-15H,3,16H2,1-2H3/b24-15-. The Bertz CT molecular complexity index is 1450. The molecule has 0 bridgehead atoms. The topological polar surface area (TPSA) is 90.0 Å². The first-order valence-electron chi connectivity index (χ1n) is 10.9. The molecule has 0 aliphatic carbocycles. The Kier molecular flexibility index (Phi) is 7.46. The molecule has 0 unspecified atom stereocenters. The number of hydrogen-bond acceptors (Lipinski definition) is 7. The summed E-state index contributed by atoms with van der Waals surface area (Å²) in [7, 11) is -4.10. The van der Waals surface area contributed by atoms with Gasteiger partial charge in [0.05, 0.1) is 18.1 Å². The van der Waals surface area contributed by atoms with Gasteiger partial charge in [0.15, 0.2) is 11.5 Å². The zero-order valence-corrected chi connectivity index (χ0v) is 21.1. The Morgan fingerprint density at radius 1 is 1.00 bits per heavy atom. The number of aryl methyl sites for hydroxylation is 1. The Morgan fingerprint density at radius 3 is 2.42 bits per heavy atom. The number of carbonyl (C=O) groups excluding carboxylic acids is 2. The molecule has 3 aromatic carbocycles. The summed E-state index contributed by atoms with van der Waals surface area (Å²) in [5.74, 6) is -0.902. The summed E-state index contributed by atoms with van der Waals surface area (Å²) in [6, 6.07) is 16.7.